The molecule has 0 aliphatic carbocycles. The van der Waals surface area contributed by atoms with Gasteiger partial charge in [0.05, 0.1) is 34.8 Å². The van der Waals surface area contributed by atoms with Crippen molar-refractivity contribution >= 4 is 44.9 Å². The van der Waals surface area contributed by atoms with Crippen molar-refractivity contribution < 1.29 is 27.5 Å². The van der Waals surface area contributed by atoms with Crippen LogP contribution in [-0.2, 0) is 19.6 Å². The van der Waals surface area contributed by atoms with Gasteiger partial charge in [-0.3, -0.25) is 9.10 Å². The maximum atomic E-state index is 13.0. The zero-order valence-corrected chi connectivity index (χ0v) is 21.0. The highest BCUT2D eigenvalue weighted by molar-refractivity contribution is 7.92. The lowest BCUT2D eigenvalue weighted by molar-refractivity contribution is -0.116. The monoisotopic (exact) mass is 516 g/mol. The molecule has 0 radical (unpaired) electrons. The van der Waals surface area contributed by atoms with Crippen molar-refractivity contribution in [3.8, 4) is 11.5 Å². The third-order valence-corrected chi connectivity index (χ3v) is 6.45. The van der Waals surface area contributed by atoms with Crippen molar-refractivity contribution in [2.24, 2.45) is 0 Å². The first kappa shape index (κ1) is 26.1. The fraction of sp³-hybridized carbons (Fsp3) is 0.200. The molecule has 3 aromatic carbocycles. The number of sulfonamides is 1. The summed E-state index contributed by atoms with van der Waals surface area (Å²) in [7, 11) is -3.82. The molecule has 0 aliphatic rings. The highest BCUT2D eigenvalue weighted by atomic mass is 35.5. The van der Waals surface area contributed by atoms with E-state index in [9.17, 15) is 18.0 Å². The van der Waals surface area contributed by atoms with E-state index in [2.05, 4.69) is 5.32 Å². The number of anilines is 2. The fourth-order valence-electron chi connectivity index (χ4n) is 3.29. The predicted octanol–water partition coefficient (Wildman–Crippen LogP) is 5.10. The Morgan fingerprint density at radius 2 is 1.63 bits per heavy atom. The highest BCUT2D eigenvalue weighted by Crippen LogP contribution is 2.28. The van der Waals surface area contributed by atoms with Gasteiger partial charge in [-0.05, 0) is 68.4 Å². The van der Waals surface area contributed by atoms with Gasteiger partial charge < -0.3 is 14.8 Å². The van der Waals surface area contributed by atoms with Gasteiger partial charge in [-0.15, -0.1) is 0 Å². The number of halogens is 1. The molecule has 8 nitrogen and oxygen atoms in total. The lowest BCUT2D eigenvalue weighted by Crippen LogP contribution is -2.45. The molecule has 1 N–H and O–H groups in total. The van der Waals surface area contributed by atoms with Crippen LogP contribution in [0.2, 0.25) is 5.02 Å². The quantitative estimate of drug-likeness (QED) is 0.397. The molecule has 0 saturated heterocycles. The van der Waals surface area contributed by atoms with E-state index in [0.29, 0.717) is 17.2 Å². The largest absolute Gasteiger partial charge is 0.462 e. The predicted molar refractivity (Wildman–Crippen MR) is 136 cm³/mol. The van der Waals surface area contributed by atoms with Crippen molar-refractivity contribution in [3.63, 3.8) is 0 Å². The Balaban J connectivity index is 1.78. The van der Waals surface area contributed by atoms with Crippen molar-refractivity contribution in [3.05, 3.63) is 83.4 Å². The minimum absolute atomic E-state index is 0.115. The number of benzene rings is 3. The minimum Gasteiger partial charge on any atom is -0.462 e. The van der Waals surface area contributed by atoms with Gasteiger partial charge in [0.2, 0.25) is 15.9 Å². The van der Waals surface area contributed by atoms with E-state index in [1.54, 1.807) is 43.3 Å². The molecule has 0 bridgehead atoms. The number of carbonyl (C=O) groups is 2. The van der Waals surface area contributed by atoms with Crippen molar-refractivity contribution in [2.75, 3.05) is 22.5 Å². The van der Waals surface area contributed by atoms with Crippen molar-refractivity contribution in [1.29, 1.82) is 0 Å². The Morgan fingerprint density at radius 1 is 1.00 bits per heavy atom. The standard InChI is InChI=1S/C25H25ClN2O6S/c1-4-33-25(30)18-10-15-23(22(26)16-18)27-24(29)17(2)28(35(3,31)32)19-11-13-21(14-12-19)34-20-8-6-5-7-9-20/h5-17H,4H2,1-3H3,(H,27,29)/t17-/m1/s1. The van der Waals surface area contributed by atoms with Gasteiger partial charge in [0, 0.05) is 0 Å². The van der Waals surface area contributed by atoms with Crippen LogP contribution < -0.4 is 14.4 Å². The van der Waals surface area contributed by atoms with Crippen LogP contribution >= 0.6 is 11.6 Å². The zero-order chi connectivity index (χ0) is 25.6. The smallest absolute Gasteiger partial charge is 0.338 e. The second kappa shape index (κ2) is 11.2. The normalized spacial score (nSPS) is 11.9. The van der Waals surface area contributed by atoms with E-state index in [1.807, 2.05) is 18.2 Å². The summed E-state index contributed by atoms with van der Waals surface area (Å²) in [6.45, 7) is 3.37. The highest BCUT2D eigenvalue weighted by Gasteiger charge is 2.29. The Hall–Kier alpha value is -3.56. The number of carbonyl (C=O) groups excluding carboxylic acids is 2. The zero-order valence-electron chi connectivity index (χ0n) is 19.4. The fourth-order valence-corrected chi connectivity index (χ4v) is 4.69. The molecule has 0 saturated carbocycles. The summed E-state index contributed by atoms with van der Waals surface area (Å²) in [4.78, 5) is 24.8. The van der Waals surface area contributed by atoms with E-state index in [0.717, 1.165) is 10.6 Å². The van der Waals surface area contributed by atoms with Gasteiger partial charge in [-0.25, -0.2) is 13.2 Å². The van der Waals surface area contributed by atoms with Crippen LogP contribution in [0.25, 0.3) is 0 Å². The summed E-state index contributed by atoms with van der Waals surface area (Å²) >= 11 is 6.22. The number of ether oxygens (including phenoxy) is 2. The summed E-state index contributed by atoms with van der Waals surface area (Å²) in [5.41, 5.74) is 0.759. The van der Waals surface area contributed by atoms with Gasteiger partial charge in [0.25, 0.3) is 0 Å². The second-order valence-corrected chi connectivity index (χ2v) is 9.81. The molecule has 1 amide bonds. The summed E-state index contributed by atoms with van der Waals surface area (Å²) in [6.07, 6.45) is 1.02. The second-order valence-electron chi connectivity index (χ2n) is 7.55. The number of amides is 1. The van der Waals surface area contributed by atoms with Crippen LogP contribution in [0.5, 0.6) is 11.5 Å². The number of rotatable bonds is 9. The third-order valence-electron chi connectivity index (χ3n) is 4.90. The molecule has 3 aromatic rings. The van der Waals surface area contributed by atoms with Crippen LogP contribution in [0.1, 0.15) is 24.2 Å². The first-order chi connectivity index (χ1) is 16.6. The summed E-state index contributed by atoms with van der Waals surface area (Å²) in [5, 5.41) is 2.74. The van der Waals surface area contributed by atoms with E-state index < -0.39 is 27.9 Å². The molecule has 10 heteroatoms. The average molecular weight is 517 g/mol. The van der Waals surface area contributed by atoms with Gasteiger partial charge in [0.15, 0.2) is 0 Å². The lowest BCUT2D eigenvalue weighted by Gasteiger charge is -2.28. The molecular formula is C25H25ClN2O6S. The first-order valence-corrected chi connectivity index (χ1v) is 12.9. The SMILES string of the molecule is CCOC(=O)c1ccc(NC(=O)[C@@H](C)N(c2ccc(Oc3ccccc3)cc2)S(C)(=O)=O)c(Cl)c1. The van der Waals surface area contributed by atoms with Crippen LogP contribution in [0.4, 0.5) is 11.4 Å². The molecule has 0 unspecified atom stereocenters. The molecule has 0 heterocycles. The molecule has 0 fully saturated rings. The molecule has 0 spiro atoms. The number of esters is 1. The summed E-state index contributed by atoms with van der Waals surface area (Å²) in [5.74, 6) is 0.00667. The lowest BCUT2D eigenvalue weighted by atomic mass is 10.2. The number of para-hydroxylation sites is 1. The Kier molecular flexibility index (Phi) is 8.37. The van der Waals surface area contributed by atoms with Crippen LogP contribution in [0.3, 0.4) is 0 Å². The van der Waals surface area contributed by atoms with E-state index >= 15 is 0 Å². The third kappa shape index (κ3) is 6.74. The molecule has 184 valence electrons. The first-order valence-electron chi connectivity index (χ1n) is 10.7. The Morgan fingerprint density at radius 3 is 2.20 bits per heavy atom. The van der Waals surface area contributed by atoms with Crippen molar-refractivity contribution in [1.82, 2.24) is 0 Å². The number of hydrogen-bond donors (Lipinski definition) is 1. The molecule has 0 aromatic heterocycles. The van der Waals surface area contributed by atoms with E-state index in [4.69, 9.17) is 21.1 Å². The molecule has 1 atom stereocenters. The van der Waals surface area contributed by atoms with Crippen LogP contribution in [0.15, 0.2) is 72.8 Å². The van der Waals surface area contributed by atoms with Crippen LogP contribution in [0, 0.1) is 0 Å². The average Bonchev–Trinajstić information content (AvgIpc) is 2.81. The van der Waals surface area contributed by atoms with E-state index in [-0.39, 0.29) is 22.9 Å². The maximum Gasteiger partial charge on any atom is 0.338 e. The van der Waals surface area contributed by atoms with Gasteiger partial charge in [-0.2, -0.15) is 0 Å². The molecule has 3 rings (SSSR count). The number of hydrogen-bond acceptors (Lipinski definition) is 6. The summed E-state index contributed by atoms with van der Waals surface area (Å²) in [6, 6.07) is 18.7. The number of nitrogens with zero attached hydrogens (tertiary/aromatic N) is 1. The van der Waals surface area contributed by atoms with Gasteiger partial charge in [0.1, 0.15) is 17.5 Å². The number of nitrogens with one attached hydrogen (secondary N) is 1. The van der Waals surface area contributed by atoms with Crippen LogP contribution in [-0.4, -0.2) is 39.2 Å². The molecular weight excluding hydrogens is 492 g/mol. The topological polar surface area (TPSA) is 102 Å². The molecule has 35 heavy (non-hydrogen) atoms. The summed E-state index contributed by atoms with van der Waals surface area (Å²) < 4.78 is 36.9. The minimum atomic E-state index is -3.82. The maximum absolute atomic E-state index is 13.0. The van der Waals surface area contributed by atoms with Crippen molar-refractivity contribution in [2.45, 2.75) is 19.9 Å². The van der Waals surface area contributed by atoms with E-state index in [1.165, 1.54) is 25.1 Å². The molecule has 0 aliphatic heterocycles. The van der Waals surface area contributed by atoms with Gasteiger partial charge in [-0.1, -0.05) is 29.8 Å². The Bertz CT molecular complexity index is 1300. The Labute approximate surface area is 209 Å². The van der Waals surface area contributed by atoms with Gasteiger partial charge >= 0.3 is 5.97 Å².